The predicted molar refractivity (Wildman–Crippen MR) is 139 cm³/mol. The van der Waals surface area contributed by atoms with Crippen molar-refractivity contribution in [3.05, 3.63) is 58.8 Å². The number of fused-ring (bicyclic) bond motifs is 1. The third-order valence-corrected chi connectivity index (χ3v) is 7.03. The standard InChI is InChI=1S/C26H28ClF4N7O/c1-4-35-14-22(26(29,30)31)33-25(35)18-7-6-17(10-20(18)28)13-36-8-5-9-37-23(36)11-21(34-37)24-19(27)12-32-38(24)16(2)15-39-3/h6-7,10-12,14,16H,4-5,8-9,13,15H2,1-3H3/t16-/m1/s1. The zero-order chi connectivity index (χ0) is 27.9. The highest BCUT2D eigenvalue weighted by Gasteiger charge is 2.35. The van der Waals surface area contributed by atoms with Crippen LogP contribution in [0.15, 0.2) is 36.7 Å². The summed E-state index contributed by atoms with van der Waals surface area (Å²) >= 11 is 6.49. The Morgan fingerprint density at radius 2 is 1.97 bits per heavy atom. The molecule has 0 bridgehead atoms. The van der Waals surface area contributed by atoms with Gasteiger partial charge in [0.05, 0.1) is 29.4 Å². The van der Waals surface area contributed by atoms with E-state index in [1.54, 1.807) is 31.0 Å². The first kappa shape index (κ1) is 27.2. The number of aromatic nitrogens is 6. The molecule has 1 aliphatic heterocycles. The molecule has 0 saturated heterocycles. The van der Waals surface area contributed by atoms with E-state index in [9.17, 15) is 13.2 Å². The van der Waals surface area contributed by atoms with Crippen molar-refractivity contribution in [2.45, 2.75) is 52.1 Å². The Morgan fingerprint density at radius 1 is 1.18 bits per heavy atom. The normalized spacial score (nSPS) is 14.6. The van der Waals surface area contributed by atoms with Gasteiger partial charge in [0.25, 0.3) is 0 Å². The van der Waals surface area contributed by atoms with Crippen molar-refractivity contribution in [2.24, 2.45) is 0 Å². The molecule has 0 fully saturated rings. The molecule has 1 atom stereocenters. The molecule has 0 unspecified atom stereocenters. The maximum Gasteiger partial charge on any atom is 0.434 e. The summed E-state index contributed by atoms with van der Waals surface area (Å²) in [7, 11) is 1.63. The van der Waals surface area contributed by atoms with Gasteiger partial charge in [0.1, 0.15) is 28.8 Å². The minimum atomic E-state index is -4.61. The van der Waals surface area contributed by atoms with Crippen LogP contribution in [0.4, 0.5) is 23.4 Å². The maximum absolute atomic E-state index is 15.2. The van der Waals surface area contributed by atoms with Gasteiger partial charge in [-0.3, -0.25) is 4.68 Å². The Kier molecular flexibility index (Phi) is 7.43. The zero-order valence-electron chi connectivity index (χ0n) is 21.7. The molecule has 5 rings (SSSR count). The largest absolute Gasteiger partial charge is 0.434 e. The SMILES string of the molecule is CCn1cc(C(F)(F)F)nc1-c1ccc(CN2CCCn3nc(-c4c(Cl)cnn4[C@H](C)COC)cc32)cc1F. The van der Waals surface area contributed by atoms with Crippen LogP contribution in [0.3, 0.4) is 0 Å². The summed E-state index contributed by atoms with van der Waals surface area (Å²) in [5, 5.41) is 9.66. The van der Waals surface area contributed by atoms with Crippen molar-refractivity contribution in [1.29, 1.82) is 0 Å². The fourth-order valence-corrected chi connectivity index (χ4v) is 5.15. The number of nitrogens with zero attached hydrogens (tertiary/aromatic N) is 7. The fraction of sp³-hybridized carbons (Fsp3) is 0.423. The number of anilines is 1. The second kappa shape index (κ2) is 10.6. The summed E-state index contributed by atoms with van der Waals surface area (Å²) in [5.41, 5.74) is 1.03. The molecule has 0 amide bonds. The summed E-state index contributed by atoms with van der Waals surface area (Å²) < 4.78 is 65.1. The van der Waals surface area contributed by atoms with Crippen molar-refractivity contribution >= 4 is 17.4 Å². The predicted octanol–water partition coefficient (Wildman–Crippen LogP) is 6.06. The van der Waals surface area contributed by atoms with Crippen LogP contribution >= 0.6 is 11.6 Å². The monoisotopic (exact) mass is 565 g/mol. The summed E-state index contributed by atoms with van der Waals surface area (Å²) in [6.45, 7) is 6.20. The van der Waals surface area contributed by atoms with Gasteiger partial charge in [-0.15, -0.1) is 0 Å². The average Bonchev–Trinajstić information content (AvgIpc) is 3.60. The number of imidazole rings is 1. The zero-order valence-corrected chi connectivity index (χ0v) is 22.5. The first-order chi connectivity index (χ1) is 18.6. The molecule has 1 aromatic carbocycles. The molecule has 39 heavy (non-hydrogen) atoms. The highest BCUT2D eigenvalue weighted by atomic mass is 35.5. The Hall–Kier alpha value is -3.38. The van der Waals surface area contributed by atoms with E-state index in [2.05, 4.69) is 15.0 Å². The number of halogens is 5. The molecular formula is C26H28ClF4N7O. The lowest BCUT2D eigenvalue weighted by Crippen LogP contribution is -2.31. The highest BCUT2D eigenvalue weighted by molar-refractivity contribution is 6.32. The number of aryl methyl sites for hydroxylation is 2. The topological polar surface area (TPSA) is 65.9 Å². The van der Waals surface area contributed by atoms with E-state index in [4.69, 9.17) is 21.4 Å². The van der Waals surface area contributed by atoms with Crippen LogP contribution in [0, 0.1) is 5.82 Å². The minimum Gasteiger partial charge on any atom is -0.382 e. The minimum absolute atomic E-state index is 0.0233. The average molecular weight is 566 g/mol. The lowest BCUT2D eigenvalue weighted by molar-refractivity contribution is -0.140. The third-order valence-electron chi connectivity index (χ3n) is 6.75. The number of methoxy groups -OCH3 is 1. The molecular weight excluding hydrogens is 538 g/mol. The number of rotatable bonds is 8. The van der Waals surface area contributed by atoms with Crippen LogP contribution < -0.4 is 4.90 Å². The van der Waals surface area contributed by atoms with Gasteiger partial charge in [-0.2, -0.15) is 23.4 Å². The van der Waals surface area contributed by atoms with E-state index >= 15 is 4.39 Å². The summed E-state index contributed by atoms with van der Waals surface area (Å²) in [5.74, 6) is 0.182. The molecule has 0 spiro atoms. The van der Waals surface area contributed by atoms with Crippen LogP contribution in [-0.4, -0.2) is 49.4 Å². The number of hydrogen-bond donors (Lipinski definition) is 0. The van der Waals surface area contributed by atoms with Gasteiger partial charge < -0.3 is 14.2 Å². The number of benzene rings is 1. The van der Waals surface area contributed by atoms with Gasteiger partial charge in [-0.1, -0.05) is 17.7 Å². The molecule has 4 heterocycles. The summed E-state index contributed by atoms with van der Waals surface area (Å²) in [6.07, 6.45) is -1.27. The molecule has 13 heteroatoms. The van der Waals surface area contributed by atoms with E-state index in [1.165, 1.54) is 16.7 Å². The molecule has 0 aliphatic carbocycles. The lowest BCUT2D eigenvalue weighted by atomic mass is 10.1. The molecule has 0 radical (unpaired) electrons. The summed E-state index contributed by atoms with van der Waals surface area (Å²) in [4.78, 5) is 5.77. The van der Waals surface area contributed by atoms with Crippen LogP contribution in [0.2, 0.25) is 5.02 Å². The molecule has 0 N–H and O–H groups in total. The number of alkyl halides is 3. The first-order valence-electron chi connectivity index (χ1n) is 12.6. The quantitative estimate of drug-likeness (QED) is 0.243. The van der Waals surface area contributed by atoms with Crippen LogP contribution in [0.25, 0.3) is 22.8 Å². The number of ether oxygens (including phenoxy) is 1. The Balaban J connectivity index is 1.42. The van der Waals surface area contributed by atoms with Crippen molar-refractivity contribution in [2.75, 3.05) is 25.2 Å². The van der Waals surface area contributed by atoms with Crippen LogP contribution in [-0.2, 0) is 30.5 Å². The molecule has 208 valence electrons. The van der Waals surface area contributed by atoms with Gasteiger partial charge in [0.2, 0.25) is 0 Å². The smallest absolute Gasteiger partial charge is 0.382 e. The van der Waals surface area contributed by atoms with Crippen LogP contribution in [0.1, 0.15) is 37.6 Å². The molecule has 0 saturated carbocycles. The van der Waals surface area contributed by atoms with E-state index in [0.29, 0.717) is 35.1 Å². The van der Waals surface area contributed by atoms with Gasteiger partial charge in [0, 0.05) is 45.6 Å². The van der Waals surface area contributed by atoms with E-state index < -0.39 is 17.7 Å². The summed E-state index contributed by atoms with van der Waals surface area (Å²) in [6, 6.07) is 6.45. The van der Waals surface area contributed by atoms with E-state index in [1.807, 2.05) is 17.7 Å². The van der Waals surface area contributed by atoms with Gasteiger partial charge in [-0.25, -0.2) is 14.1 Å². The Morgan fingerprint density at radius 3 is 2.67 bits per heavy atom. The molecule has 4 aromatic rings. The second-order valence-electron chi connectivity index (χ2n) is 9.52. The van der Waals surface area contributed by atoms with E-state index in [0.717, 1.165) is 31.5 Å². The third kappa shape index (κ3) is 5.27. The molecule has 1 aliphatic rings. The van der Waals surface area contributed by atoms with Crippen molar-refractivity contribution in [3.8, 4) is 22.8 Å². The van der Waals surface area contributed by atoms with Crippen molar-refractivity contribution in [3.63, 3.8) is 0 Å². The second-order valence-corrected chi connectivity index (χ2v) is 9.93. The van der Waals surface area contributed by atoms with Crippen molar-refractivity contribution in [1.82, 2.24) is 29.1 Å². The van der Waals surface area contributed by atoms with Crippen LogP contribution in [0.5, 0.6) is 0 Å². The Labute approximate surface area is 227 Å². The molecule has 8 nitrogen and oxygen atoms in total. The lowest BCUT2D eigenvalue weighted by Gasteiger charge is -2.29. The van der Waals surface area contributed by atoms with Gasteiger partial charge in [-0.05, 0) is 38.0 Å². The first-order valence-corrected chi connectivity index (χ1v) is 13.0. The molecule has 3 aromatic heterocycles. The maximum atomic E-state index is 15.2. The highest BCUT2D eigenvalue weighted by Crippen LogP contribution is 2.35. The van der Waals surface area contributed by atoms with Gasteiger partial charge in [0.15, 0.2) is 5.69 Å². The fourth-order valence-electron chi connectivity index (χ4n) is 4.92. The van der Waals surface area contributed by atoms with Crippen molar-refractivity contribution < 1.29 is 22.3 Å². The number of hydrogen-bond acceptors (Lipinski definition) is 5. The van der Waals surface area contributed by atoms with E-state index in [-0.39, 0.29) is 24.0 Å². The Bertz CT molecular complexity index is 1480. The van der Waals surface area contributed by atoms with Gasteiger partial charge >= 0.3 is 6.18 Å².